The van der Waals surface area contributed by atoms with E-state index < -0.39 is 5.54 Å². The molecule has 1 aliphatic rings. The molecule has 1 unspecified atom stereocenters. The van der Waals surface area contributed by atoms with Crippen molar-refractivity contribution in [2.75, 3.05) is 6.61 Å². The van der Waals surface area contributed by atoms with Crippen molar-refractivity contribution in [1.82, 2.24) is 10.3 Å². The Morgan fingerprint density at radius 2 is 2.21 bits per heavy atom. The summed E-state index contributed by atoms with van der Waals surface area (Å²) in [4.78, 5) is 16.7. The fraction of sp³-hybridized carbons (Fsp3) is 0.600. The van der Waals surface area contributed by atoms with Crippen LogP contribution in [0.15, 0.2) is 24.4 Å². The Morgan fingerprint density at radius 3 is 2.79 bits per heavy atom. The number of hydrogen-bond donors (Lipinski definition) is 1. The van der Waals surface area contributed by atoms with Crippen molar-refractivity contribution in [1.29, 1.82) is 0 Å². The third kappa shape index (κ3) is 3.13. The molecule has 0 aromatic carbocycles. The number of nitrogens with one attached hydrogen (secondary N) is 1. The standard InChI is InChI=1S/C15H22N2O2/c1-3-19-14(18)15(2,13-10-6-7-11-16-13)17-12-8-4-5-9-12/h6-7,10-12,17H,3-5,8-9H2,1-2H3. The van der Waals surface area contributed by atoms with Gasteiger partial charge < -0.3 is 4.74 Å². The molecule has 1 fully saturated rings. The van der Waals surface area contributed by atoms with E-state index in [1.165, 1.54) is 12.8 Å². The third-order valence-corrected chi connectivity index (χ3v) is 3.71. The lowest BCUT2D eigenvalue weighted by molar-refractivity contribution is -0.151. The first-order valence-corrected chi connectivity index (χ1v) is 7.03. The number of rotatable bonds is 5. The zero-order chi connectivity index (χ0) is 13.7. The molecule has 1 aromatic rings. The Bertz CT molecular complexity index is 415. The molecule has 4 nitrogen and oxygen atoms in total. The maximum absolute atomic E-state index is 12.3. The molecule has 0 saturated heterocycles. The lowest BCUT2D eigenvalue weighted by Crippen LogP contribution is -2.52. The van der Waals surface area contributed by atoms with Crippen LogP contribution >= 0.6 is 0 Å². The first kappa shape index (κ1) is 14.0. The summed E-state index contributed by atoms with van der Waals surface area (Å²) in [5.74, 6) is -0.249. The highest BCUT2D eigenvalue weighted by atomic mass is 16.5. The van der Waals surface area contributed by atoms with Crippen molar-refractivity contribution in [2.24, 2.45) is 0 Å². The highest BCUT2D eigenvalue weighted by Crippen LogP contribution is 2.26. The monoisotopic (exact) mass is 262 g/mol. The van der Waals surface area contributed by atoms with Crippen LogP contribution in [-0.4, -0.2) is 23.6 Å². The molecule has 0 radical (unpaired) electrons. The first-order valence-electron chi connectivity index (χ1n) is 7.03. The van der Waals surface area contributed by atoms with Gasteiger partial charge in [0.05, 0.1) is 12.3 Å². The van der Waals surface area contributed by atoms with Crippen molar-refractivity contribution in [3.63, 3.8) is 0 Å². The number of carbonyl (C=O) groups excluding carboxylic acids is 1. The van der Waals surface area contributed by atoms with Gasteiger partial charge in [0.2, 0.25) is 0 Å². The van der Waals surface area contributed by atoms with Crippen LogP contribution in [0.25, 0.3) is 0 Å². The molecule has 4 heteroatoms. The minimum Gasteiger partial charge on any atom is -0.464 e. The summed E-state index contributed by atoms with van der Waals surface area (Å²) in [6.07, 6.45) is 6.38. The van der Waals surface area contributed by atoms with E-state index >= 15 is 0 Å². The SMILES string of the molecule is CCOC(=O)C(C)(NC1CCCC1)c1ccccn1. The Kier molecular flexibility index (Phi) is 4.53. The molecule has 1 atom stereocenters. The second-order valence-electron chi connectivity index (χ2n) is 5.19. The van der Waals surface area contributed by atoms with E-state index in [9.17, 15) is 4.79 Å². The fourth-order valence-corrected chi connectivity index (χ4v) is 2.65. The normalized spacial score (nSPS) is 19.1. The number of esters is 1. The van der Waals surface area contributed by atoms with E-state index in [1.807, 2.05) is 32.0 Å². The minimum atomic E-state index is -0.855. The first-order chi connectivity index (χ1) is 9.16. The van der Waals surface area contributed by atoms with Gasteiger partial charge in [0.1, 0.15) is 0 Å². The molecule has 1 saturated carbocycles. The molecule has 1 heterocycles. The summed E-state index contributed by atoms with van der Waals surface area (Å²) in [7, 11) is 0. The van der Waals surface area contributed by atoms with E-state index in [1.54, 1.807) is 6.20 Å². The van der Waals surface area contributed by atoms with Crippen LogP contribution in [0.5, 0.6) is 0 Å². The van der Waals surface area contributed by atoms with Gasteiger partial charge in [-0.3, -0.25) is 10.3 Å². The molecular formula is C15H22N2O2. The largest absolute Gasteiger partial charge is 0.464 e. The van der Waals surface area contributed by atoms with Crippen LogP contribution in [0.4, 0.5) is 0 Å². The van der Waals surface area contributed by atoms with Crippen LogP contribution in [0.1, 0.15) is 45.2 Å². The zero-order valence-corrected chi connectivity index (χ0v) is 11.7. The van der Waals surface area contributed by atoms with Gasteiger partial charge in [-0.1, -0.05) is 18.9 Å². The Hall–Kier alpha value is -1.42. The summed E-state index contributed by atoms with van der Waals surface area (Å²) >= 11 is 0. The van der Waals surface area contributed by atoms with Gasteiger partial charge in [0.15, 0.2) is 5.54 Å². The van der Waals surface area contributed by atoms with Crippen molar-refractivity contribution in [2.45, 2.75) is 51.1 Å². The predicted molar refractivity (Wildman–Crippen MR) is 73.6 cm³/mol. The van der Waals surface area contributed by atoms with Crippen LogP contribution in [0, 0.1) is 0 Å². The third-order valence-electron chi connectivity index (χ3n) is 3.71. The maximum Gasteiger partial charge on any atom is 0.332 e. The molecular weight excluding hydrogens is 240 g/mol. The van der Waals surface area contributed by atoms with Gasteiger partial charge in [0, 0.05) is 12.2 Å². The van der Waals surface area contributed by atoms with E-state index in [2.05, 4.69) is 10.3 Å². The molecule has 1 N–H and O–H groups in total. The highest BCUT2D eigenvalue weighted by Gasteiger charge is 2.40. The molecule has 104 valence electrons. The van der Waals surface area contributed by atoms with Crippen LogP contribution in [-0.2, 0) is 15.1 Å². The number of ether oxygens (including phenoxy) is 1. The number of pyridine rings is 1. The predicted octanol–water partition coefficient (Wildman–Crippen LogP) is 2.39. The minimum absolute atomic E-state index is 0.249. The molecule has 0 bridgehead atoms. The van der Waals surface area contributed by atoms with Crippen molar-refractivity contribution >= 4 is 5.97 Å². The highest BCUT2D eigenvalue weighted by molar-refractivity contribution is 5.81. The molecule has 0 amide bonds. The number of nitrogens with zero attached hydrogens (tertiary/aromatic N) is 1. The van der Waals surface area contributed by atoms with Crippen LogP contribution in [0.3, 0.4) is 0 Å². The van der Waals surface area contributed by atoms with Crippen molar-refractivity contribution < 1.29 is 9.53 Å². The number of aromatic nitrogens is 1. The van der Waals surface area contributed by atoms with Gasteiger partial charge in [-0.2, -0.15) is 0 Å². The average Bonchev–Trinajstić information content (AvgIpc) is 2.92. The topological polar surface area (TPSA) is 51.2 Å². The van der Waals surface area contributed by atoms with E-state index in [0.29, 0.717) is 12.6 Å². The molecule has 1 aromatic heterocycles. The summed E-state index contributed by atoms with van der Waals surface area (Å²) in [6.45, 7) is 4.07. The Balaban J connectivity index is 2.23. The number of carbonyl (C=O) groups is 1. The summed E-state index contributed by atoms with van der Waals surface area (Å²) in [5, 5.41) is 3.46. The van der Waals surface area contributed by atoms with Crippen LogP contribution < -0.4 is 5.32 Å². The van der Waals surface area contributed by atoms with Gasteiger partial charge in [-0.15, -0.1) is 0 Å². The Morgan fingerprint density at radius 1 is 1.47 bits per heavy atom. The second kappa shape index (κ2) is 6.15. The van der Waals surface area contributed by atoms with Gasteiger partial charge in [0.25, 0.3) is 0 Å². The van der Waals surface area contributed by atoms with Gasteiger partial charge in [-0.25, -0.2) is 4.79 Å². The van der Waals surface area contributed by atoms with Crippen LogP contribution in [0.2, 0.25) is 0 Å². The molecule has 2 rings (SSSR count). The molecule has 1 aliphatic carbocycles. The maximum atomic E-state index is 12.3. The van der Waals surface area contributed by atoms with E-state index in [-0.39, 0.29) is 5.97 Å². The summed E-state index contributed by atoms with van der Waals surface area (Å²) in [6, 6.07) is 6.00. The quantitative estimate of drug-likeness (QED) is 0.828. The Labute approximate surface area is 114 Å². The summed E-state index contributed by atoms with van der Waals surface area (Å²) < 4.78 is 5.23. The van der Waals surface area contributed by atoms with Gasteiger partial charge >= 0.3 is 5.97 Å². The van der Waals surface area contributed by atoms with Crippen molar-refractivity contribution in [3.8, 4) is 0 Å². The fourth-order valence-electron chi connectivity index (χ4n) is 2.65. The molecule has 0 spiro atoms. The molecule has 19 heavy (non-hydrogen) atoms. The second-order valence-corrected chi connectivity index (χ2v) is 5.19. The zero-order valence-electron chi connectivity index (χ0n) is 11.7. The lowest BCUT2D eigenvalue weighted by atomic mass is 9.95. The van der Waals surface area contributed by atoms with Crippen molar-refractivity contribution in [3.05, 3.63) is 30.1 Å². The smallest absolute Gasteiger partial charge is 0.332 e. The number of hydrogen-bond acceptors (Lipinski definition) is 4. The van der Waals surface area contributed by atoms with E-state index in [0.717, 1.165) is 18.5 Å². The van der Waals surface area contributed by atoms with Gasteiger partial charge in [-0.05, 0) is 38.8 Å². The summed E-state index contributed by atoms with van der Waals surface area (Å²) in [5.41, 5.74) is -0.132. The molecule has 0 aliphatic heterocycles. The van der Waals surface area contributed by atoms with E-state index in [4.69, 9.17) is 4.74 Å². The lowest BCUT2D eigenvalue weighted by Gasteiger charge is -2.31. The average molecular weight is 262 g/mol.